The minimum atomic E-state index is -1.22. The number of hydrogen-bond acceptors (Lipinski definition) is 4. The van der Waals surface area contributed by atoms with Gasteiger partial charge in [0.2, 0.25) is 0 Å². The van der Waals surface area contributed by atoms with Crippen LogP contribution in [0.4, 0.5) is 0 Å². The minimum Gasteiger partial charge on any atom is -0.394 e. The van der Waals surface area contributed by atoms with Crippen molar-refractivity contribution in [3.63, 3.8) is 0 Å². The quantitative estimate of drug-likeness (QED) is 0.492. The van der Waals surface area contributed by atoms with Crippen LogP contribution >= 0.6 is 0 Å². The Morgan fingerprint density at radius 2 is 1.92 bits per heavy atom. The van der Waals surface area contributed by atoms with E-state index in [0.717, 1.165) is 0 Å². The zero-order valence-corrected chi connectivity index (χ0v) is 7.45. The average molecular weight is 176 g/mol. The van der Waals surface area contributed by atoms with Crippen molar-refractivity contribution in [2.75, 3.05) is 13.2 Å². The van der Waals surface area contributed by atoms with Gasteiger partial charge in [0, 0.05) is 6.42 Å². The van der Waals surface area contributed by atoms with Gasteiger partial charge in [-0.2, -0.15) is 0 Å². The van der Waals surface area contributed by atoms with E-state index in [4.69, 9.17) is 9.84 Å². The van der Waals surface area contributed by atoms with E-state index in [-0.39, 0.29) is 25.7 Å². The monoisotopic (exact) mass is 176 g/mol. The predicted molar refractivity (Wildman–Crippen MR) is 42.7 cm³/mol. The summed E-state index contributed by atoms with van der Waals surface area (Å²) in [5, 5.41) is 28.2. The van der Waals surface area contributed by atoms with E-state index in [0.29, 0.717) is 0 Å². The number of ether oxygens (including phenoxy) is 1. The molecule has 0 aliphatic carbocycles. The van der Waals surface area contributed by atoms with Gasteiger partial charge in [0.15, 0.2) is 0 Å². The molecule has 1 saturated heterocycles. The topological polar surface area (TPSA) is 69.9 Å². The molecule has 0 amide bonds. The maximum Gasteiger partial charge on any atom is 0.113 e. The van der Waals surface area contributed by atoms with Crippen molar-refractivity contribution in [1.29, 1.82) is 0 Å². The molecule has 4 nitrogen and oxygen atoms in total. The van der Waals surface area contributed by atoms with Crippen LogP contribution < -0.4 is 0 Å². The van der Waals surface area contributed by atoms with Crippen molar-refractivity contribution in [1.82, 2.24) is 0 Å². The third-order valence-electron chi connectivity index (χ3n) is 2.59. The fraction of sp³-hybridized carbons (Fsp3) is 1.00. The van der Waals surface area contributed by atoms with Gasteiger partial charge >= 0.3 is 0 Å². The molecular weight excluding hydrogens is 160 g/mol. The Morgan fingerprint density at radius 1 is 1.33 bits per heavy atom. The molecule has 0 radical (unpaired) electrons. The maximum atomic E-state index is 9.76. The van der Waals surface area contributed by atoms with Crippen LogP contribution in [0.3, 0.4) is 0 Å². The minimum absolute atomic E-state index is 0.0607. The molecule has 0 aromatic carbocycles. The molecule has 1 aliphatic heterocycles. The third-order valence-corrected chi connectivity index (χ3v) is 2.59. The highest BCUT2D eigenvalue weighted by molar-refractivity contribution is 4.98. The van der Waals surface area contributed by atoms with Gasteiger partial charge in [-0.25, -0.2) is 0 Å². The van der Waals surface area contributed by atoms with Crippen molar-refractivity contribution in [2.45, 2.75) is 37.6 Å². The maximum absolute atomic E-state index is 9.76. The van der Waals surface area contributed by atoms with Crippen LogP contribution in [0.2, 0.25) is 0 Å². The first-order valence-corrected chi connectivity index (χ1v) is 4.06. The van der Waals surface area contributed by atoms with Crippen LogP contribution in [0.1, 0.15) is 20.3 Å². The molecule has 0 aromatic rings. The SMILES string of the molecule is CC1(O)COC(CO)CC1(C)O. The molecule has 12 heavy (non-hydrogen) atoms. The highest BCUT2D eigenvalue weighted by atomic mass is 16.5. The standard InChI is InChI=1S/C8H16O4/c1-7(10)3-6(4-9)12-5-8(7,2)11/h6,9-11H,3-5H2,1-2H3. The summed E-state index contributed by atoms with van der Waals surface area (Å²) in [6, 6.07) is 0. The summed E-state index contributed by atoms with van der Waals surface area (Å²) in [5.74, 6) is 0. The Kier molecular flexibility index (Phi) is 2.45. The van der Waals surface area contributed by atoms with E-state index >= 15 is 0 Å². The van der Waals surface area contributed by atoms with E-state index in [2.05, 4.69) is 0 Å². The molecular formula is C8H16O4. The molecule has 1 fully saturated rings. The van der Waals surface area contributed by atoms with Crippen LogP contribution in [-0.4, -0.2) is 45.8 Å². The molecule has 72 valence electrons. The second kappa shape index (κ2) is 2.96. The van der Waals surface area contributed by atoms with Crippen molar-refractivity contribution in [3.05, 3.63) is 0 Å². The van der Waals surface area contributed by atoms with Gasteiger partial charge in [-0.3, -0.25) is 0 Å². The first-order chi connectivity index (χ1) is 5.39. The van der Waals surface area contributed by atoms with Gasteiger partial charge in [-0.1, -0.05) is 0 Å². The summed E-state index contributed by atoms with van der Waals surface area (Å²) in [6.45, 7) is 3.02. The summed E-state index contributed by atoms with van der Waals surface area (Å²) in [4.78, 5) is 0. The molecule has 3 unspecified atom stereocenters. The van der Waals surface area contributed by atoms with Crippen molar-refractivity contribution in [2.24, 2.45) is 0 Å². The van der Waals surface area contributed by atoms with Crippen LogP contribution in [-0.2, 0) is 4.74 Å². The fourth-order valence-corrected chi connectivity index (χ4v) is 1.27. The molecule has 0 bridgehead atoms. The Morgan fingerprint density at radius 3 is 2.33 bits per heavy atom. The third kappa shape index (κ3) is 1.61. The van der Waals surface area contributed by atoms with E-state index in [1.165, 1.54) is 6.92 Å². The second-order valence-corrected chi connectivity index (χ2v) is 3.87. The Hall–Kier alpha value is -0.160. The first-order valence-electron chi connectivity index (χ1n) is 4.06. The summed E-state index contributed by atoms with van der Waals surface area (Å²) < 4.78 is 5.12. The van der Waals surface area contributed by atoms with E-state index in [1.807, 2.05) is 0 Å². The molecule has 0 aromatic heterocycles. The number of rotatable bonds is 1. The van der Waals surface area contributed by atoms with Gasteiger partial charge in [0.1, 0.15) is 5.60 Å². The fourth-order valence-electron chi connectivity index (χ4n) is 1.27. The smallest absolute Gasteiger partial charge is 0.113 e. The average Bonchev–Trinajstić information content (AvgIpc) is 1.95. The predicted octanol–water partition coefficient (Wildman–Crippen LogP) is -0.730. The van der Waals surface area contributed by atoms with Crippen molar-refractivity contribution in [3.8, 4) is 0 Å². The molecule has 3 N–H and O–H groups in total. The van der Waals surface area contributed by atoms with Gasteiger partial charge in [0.25, 0.3) is 0 Å². The Bertz CT molecular complexity index is 164. The van der Waals surface area contributed by atoms with Gasteiger partial charge < -0.3 is 20.1 Å². The zero-order valence-electron chi connectivity index (χ0n) is 7.45. The molecule has 3 atom stereocenters. The van der Waals surface area contributed by atoms with Gasteiger partial charge in [-0.05, 0) is 13.8 Å². The molecule has 1 heterocycles. The van der Waals surface area contributed by atoms with E-state index in [1.54, 1.807) is 6.92 Å². The van der Waals surface area contributed by atoms with Crippen LogP contribution in [0.15, 0.2) is 0 Å². The summed E-state index contributed by atoms with van der Waals surface area (Å²) in [5.41, 5.74) is -2.41. The van der Waals surface area contributed by atoms with Crippen molar-refractivity contribution < 1.29 is 20.1 Å². The summed E-state index contributed by atoms with van der Waals surface area (Å²) in [6.07, 6.45) is -0.100. The lowest BCUT2D eigenvalue weighted by atomic mass is 9.80. The largest absolute Gasteiger partial charge is 0.394 e. The van der Waals surface area contributed by atoms with Crippen LogP contribution in [0.5, 0.6) is 0 Å². The van der Waals surface area contributed by atoms with Gasteiger partial charge in [-0.15, -0.1) is 0 Å². The molecule has 0 saturated carbocycles. The van der Waals surface area contributed by atoms with Crippen molar-refractivity contribution >= 4 is 0 Å². The summed E-state index contributed by atoms with van der Waals surface area (Å²) in [7, 11) is 0. The highest BCUT2D eigenvalue weighted by Gasteiger charge is 2.47. The Labute approximate surface area is 71.8 Å². The van der Waals surface area contributed by atoms with E-state index < -0.39 is 11.2 Å². The lowest BCUT2D eigenvalue weighted by molar-refractivity contribution is -0.227. The van der Waals surface area contributed by atoms with Crippen LogP contribution in [0.25, 0.3) is 0 Å². The molecule has 1 rings (SSSR count). The first kappa shape index (κ1) is 9.92. The lowest BCUT2D eigenvalue weighted by Crippen LogP contribution is -2.59. The number of aliphatic hydroxyl groups is 3. The normalized spacial score (nSPS) is 49.2. The second-order valence-electron chi connectivity index (χ2n) is 3.87. The molecule has 0 spiro atoms. The molecule has 1 aliphatic rings. The lowest BCUT2D eigenvalue weighted by Gasteiger charge is -2.44. The van der Waals surface area contributed by atoms with E-state index in [9.17, 15) is 10.2 Å². The number of aliphatic hydroxyl groups excluding tert-OH is 1. The number of hydrogen-bond donors (Lipinski definition) is 3. The van der Waals surface area contributed by atoms with Crippen LogP contribution in [0, 0.1) is 0 Å². The zero-order chi connectivity index (χ0) is 9.41. The summed E-state index contributed by atoms with van der Waals surface area (Å²) >= 11 is 0. The Balaban J connectivity index is 2.68. The van der Waals surface area contributed by atoms with Gasteiger partial charge in [0.05, 0.1) is 24.9 Å². The highest BCUT2D eigenvalue weighted by Crippen LogP contribution is 2.32. The molecule has 4 heteroatoms.